The minimum absolute atomic E-state index is 0.183. The molecule has 1 heterocycles. The molecule has 5 heteroatoms. The molecule has 0 saturated heterocycles. The largest absolute Gasteiger partial charge is 0.375 e. The number of hydrogen-bond donors (Lipinski definition) is 1. The van der Waals surface area contributed by atoms with E-state index in [0.29, 0.717) is 22.7 Å². The van der Waals surface area contributed by atoms with Gasteiger partial charge in [-0.1, -0.05) is 73.9 Å². The predicted molar refractivity (Wildman–Crippen MR) is 129 cm³/mol. The summed E-state index contributed by atoms with van der Waals surface area (Å²) >= 11 is 0. The van der Waals surface area contributed by atoms with Crippen LogP contribution < -0.4 is 4.90 Å². The van der Waals surface area contributed by atoms with Crippen molar-refractivity contribution in [1.29, 1.82) is 0 Å². The van der Waals surface area contributed by atoms with Crippen molar-refractivity contribution in [2.75, 3.05) is 4.90 Å². The minimum atomic E-state index is -1.93. The van der Waals surface area contributed by atoms with Crippen LogP contribution in [0.25, 0.3) is 0 Å². The Bertz CT molecular complexity index is 1200. The zero-order valence-corrected chi connectivity index (χ0v) is 19.0. The number of anilines is 1. The molecule has 1 N–H and O–H groups in total. The van der Waals surface area contributed by atoms with E-state index in [-0.39, 0.29) is 24.6 Å². The fourth-order valence-electron chi connectivity index (χ4n) is 5.32. The van der Waals surface area contributed by atoms with E-state index in [1.807, 2.05) is 24.3 Å². The summed E-state index contributed by atoms with van der Waals surface area (Å²) in [4.78, 5) is 28.1. The van der Waals surface area contributed by atoms with Crippen molar-refractivity contribution in [2.24, 2.45) is 0 Å². The molecule has 3 aromatic carbocycles. The Kier molecular flexibility index (Phi) is 6.05. The highest BCUT2D eigenvalue weighted by Crippen LogP contribution is 2.43. The van der Waals surface area contributed by atoms with E-state index in [1.54, 1.807) is 36.4 Å². The molecule has 34 heavy (non-hydrogen) atoms. The van der Waals surface area contributed by atoms with Crippen molar-refractivity contribution in [3.05, 3.63) is 101 Å². The van der Waals surface area contributed by atoms with E-state index in [0.717, 1.165) is 5.56 Å². The van der Waals surface area contributed by atoms with Gasteiger partial charge < -0.3 is 10.0 Å². The van der Waals surface area contributed by atoms with Crippen LogP contribution in [-0.4, -0.2) is 16.8 Å². The number of fused-ring (bicyclic) bond motifs is 1. The molecule has 3 aromatic rings. The lowest BCUT2D eigenvalue weighted by Gasteiger charge is -2.23. The molecule has 2 aliphatic rings. The third-order valence-corrected chi connectivity index (χ3v) is 7.22. The molecular weight excluding hydrogens is 429 g/mol. The van der Waals surface area contributed by atoms with Crippen molar-refractivity contribution in [3.63, 3.8) is 0 Å². The van der Waals surface area contributed by atoms with Crippen molar-refractivity contribution in [1.82, 2.24) is 0 Å². The second-order valence-corrected chi connectivity index (χ2v) is 9.45. The number of hydrogen-bond acceptors (Lipinski definition) is 3. The Morgan fingerprint density at radius 1 is 0.941 bits per heavy atom. The van der Waals surface area contributed by atoms with Gasteiger partial charge in [0.25, 0.3) is 5.91 Å². The van der Waals surface area contributed by atoms with Crippen LogP contribution in [0.1, 0.15) is 71.5 Å². The zero-order valence-electron chi connectivity index (χ0n) is 19.0. The maximum atomic E-state index is 13.4. The van der Waals surface area contributed by atoms with E-state index in [9.17, 15) is 19.1 Å². The van der Waals surface area contributed by atoms with Crippen LogP contribution in [0.15, 0.2) is 72.8 Å². The molecule has 0 aromatic heterocycles. The molecule has 1 aliphatic heterocycles. The number of rotatable bonds is 6. The highest BCUT2D eigenvalue weighted by molar-refractivity contribution is 6.10. The lowest BCUT2D eigenvalue weighted by Crippen LogP contribution is -2.41. The van der Waals surface area contributed by atoms with Crippen LogP contribution in [-0.2, 0) is 16.9 Å². The Morgan fingerprint density at radius 3 is 2.32 bits per heavy atom. The van der Waals surface area contributed by atoms with Gasteiger partial charge in [-0.3, -0.25) is 9.59 Å². The SMILES string of the molecule is O=C(C[C@]1(O)C(=O)N(Cc2ccc(F)cc2)c2ccccc21)c1ccc(C2CCCCC2)cc1. The van der Waals surface area contributed by atoms with Gasteiger partial charge in [0.15, 0.2) is 11.4 Å². The van der Waals surface area contributed by atoms with E-state index < -0.39 is 11.5 Å². The lowest BCUT2D eigenvalue weighted by molar-refractivity contribution is -0.136. The number of ketones is 1. The van der Waals surface area contributed by atoms with Gasteiger partial charge in [0.1, 0.15) is 5.82 Å². The number of benzene rings is 3. The Balaban J connectivity index is 1.37. The quantitative estimate of drug-likeness (QED) is 0.470. The monoisotopic (exact) mass is 457 g/mol. The number of Topliss-reactive ketones (excluding diaryl/α,β-unsaturated/α-hetero) is 1. The molecule has 0 unspecified atom stereocenters. The van der Waals surface area contributed by atoms with Gasteiger partial charge in [-0.2, -0.15) is 0 Å². The van der Waals surface area contributed by atoms with Gasteiger partial charge in [0.2, 0.25) is 0 Å². The summed E-state index contributed by atoms with van der Waals surface area (Å²) in [5.74, 6) is -0.617. The maximum Gasteiger partial charge on any atom is 0.264 e. The maximum absolute atomic E-state index is 13.4. The first-order valence-electron chi connectivity index (χ1n) is 12.0. The molecule has 0 spiro atoms. The summed E-state index contributed by atoms with van der Waals surface area (Å²) in [6, 6.07) is 20.6. The standard InChI is InChI=1S/C29H28FNO3/c30-24-16-10-20(11-17-24)19-31-26-9-5-4-8-25(26)29(34,28(31)33)18-27(32)23-14-12-22(13-15-23)21-6-2-1-3-7-21/h4-5,8-17,21,34H,1-3,6-7,18-19H2/t29-/m1/s1. The fraction of sp³-hybridized carbons (Fsp3) is 0.310. The lowest BCUT2D eigenvalue weighted by atomic mass is 9.83. The summed E-state index contributed by atoms with van der Waals surface area (Å²) in [6.45, 7) is 0.183. The third-order valence-electron chi connectivity index (χ3n) is 7.22. The number of carbonyl (C=O) groups is 2. The van der Waals surface area contributed by atoms with Crippen molar-refractivity contribution >= 4 is 17.4 Å². The van der Waals surface area contributed by atoms with Gasteiger partial charge >= 0.3 is 0 Å². The highest BCUT2D eigenvalue weighted by Gasteiger charge is 2.50. The molecule has 1 aliphatic carbocycles. The molecule has 5 rings (SSSR count). The molecule has 4 nitrogen and oxygen atoms in total. The van der Waals surface area contributed by atoms with Crippen LogP contribution in [0.2, 0.25) is 0 Å². The molecule has 1 fully saturated rings. The average Bonchev–Trinajstić information content (AvgIpc) is 3.08. The van der Waals surface area contributed by atoms with Crippen LogP contribution >= 0.6 is 0 Å². The molecule has 1 saturated carbocycles. The van der Waals surface area contributed by atoms with E-state index >= 15 is 0 Å². The number of aliphatic hydroxyl groups is 1. The van der Waals surface area contributed by atoms with Gasteiger partial charge in [0, 0.05) is 11.1 Å². The van der Waals surface area contributed by atoms with Gasteiger partial charge in [-0.05, 0) is 48.1 Å². The highest BCUT2D eigenvalue weighted by atomic mass is 19.1. The zero-order chi connectivity index (χ0) is 23.7. The molecule has 0 radical (unpaired) electrons. The minimum Gasteiger partial charge on any atom is -0.375 e. The number of nitrogens with zero attached hydrogens (tertiary/aromatic N) is 1. The number of para-hydroxylation sites is 1. The van der Waals surface area contributed by atoms with Gasteiger partial charge in [0.05, 0.1) is 18.7 Å². The number of halogens is 1. The predicted octanol–water partition coefficient (Wildman–Crippen LogP) is 5.88. The summed E-state index contributed by atoms with van der Waals surface area (Å²) in [5.41, 5.74) is 1.54. The molecule has 1 amide bonds. The molecule has 0 bridgehead atoms. The van der Waals surface area contributed by atoms with E-state index in [1.165, 1.54) is 54.7 Å². The van der Waals surface area contributed by atoms with Gasteiger partial charge in [-0.15, -0.1) is 0 Å². The Labute approximate surface area is 199 Å². The number of carbonyl (C=O) groups excluding carboxylic acids is 2. The fourth-order valence-corrected chi connectivity index (χ4v) is 5.32. The molecule has 174 valence electrons. The van der Waals surface area contributed by atoms with Crippen LogP contribution in [0, 0.1) is 5.82 Å². The van der Waals surface area contributed by atoms with Crippen molar-refractivity contribution < 1.29 is 19.1 Å². The van der Waals surface area contributed by atoms with Crippen LogP contribution in [0.3, 0.4) is 0 Å². The third kappa shape index (κ3) is 4.16. The van der Waals surface area contributed by atoms with Crippen molar-refractivity contribution in [3.8, 4) is 0 Å². The molecule has 1 atom stereocenters. The van der Waals surface area contributed by atoms with Crippen LogP contribution in [0.5, 0.6) is 0 Å². The first kappa shape index (κ1) is 22.5. The van der Waals surface area contributed by atoms with E-state index in [2.05, 4.69) is 0 Å². The summed E-state index contributed by atoms with van der Waals surface area (Å²) < 4.78 is 13.3. The summed E-state index contributed by atoms with van der Waals surface area (Å²) in [5, 5.41) is 11.5. The Hall–Kier alpha value is -3.31. The Morgan fingerprint density at radius 2 is 1.62 bits per heavy atom. The van der Waals surface area contributed by atoms with Gasteiger partial charge in [-0.25, -0.2) is 4.39 Å². The normalized spacial score (nSPS) is 20.4. The summed E-state index contributed by atoms with van der Waals surface area (Å²) in [6.07, 6.45) is 5.82. The van der Waals surface area contributed by atoms with E-state index in [4.69, 9.17) is 0 Å². The first-order chi connectivity index (χ1) is 16.5. The van der Waals surface area contributed by atoms with Crippen LogP contribution in [0.4, 0.5) is 10.1 Å². The topological polar surface area (TPSA) is 57.6 Å². The summed E-state index contributed by atoms with van der Waals surface area (Å²) in [7, 11) is 0. The molecular formula is C29H28FNO3. The second kappa shape index (κ2) is 9.15. The second-order valence-electron chi connectivity index (χ2n) is 9.45. The smallest absolute Gasteiger partial charge is 0.264 e. The number of amides is 1. The average molecular weight is 458 g/mol. The van der Waals surface area contributed by atoms with Crippen molar-refractivity contribution in [2.45, 2.75) is 56.6 Å². The first-order valence-corrected chi connectivity index (χ1v) is 12.0.